The molecule has 0 spiro atoms. The molecule has 1 rings (SSSR count). The van der Waals surface area contributed by atoms with Gasteiger partial charge in [0, 0.05) is 0 Å². The number of halogens is 2. The molecule has 0 radical (unpaired) electrons. The first-order valence-corrected chi connectivity index (χ1v) is 6.16. The Morgan fingerprint density at radius 3 is 2.59 bits per heavy atom. The van der Waals surface area contributed by atoms with Crippen molar-refractivity contribution in [2.75, 3.05) is 0 Å². The molecular weight excluding hydrogens is 259 g/mol. The molecule has 0 aromatic heterocycles. The van der Waals surface area contributed by atoms with Gasteiger partial charge in [0.1, 0.15) is 0 Å². The maximum atomic E-state index is 10.6. The summed E-state index contributed by atoms with van der Waals surface area (Å²) >= 11 is 11.8. The topological polar surface area (TPSA) is 37.3 Å². The highest BCUT2D eigenvalue weighted by Crippen LogP contribution is 2.28. The van der Waals surface area contributed by atoms with E-state index in [1.807, 2.05) is 13.0 Å². The number of allylic oxidation sites excluding steroid dienone is 1. The molecule has 0 saturated heterocycles. The second-order valence-corrected chi connectivity index (χ2v) is 4.52. The van der Waals surface area contributed by atoms with Crippen LogP contribution in [0.3, 0.4) is 0 Å². The van der Waals surface area contributed by atoms with Gasteiger partial charge in [-0.15, -0.1) is 0 Å². The summed E-state index contributed by atoms with van der Waals surface area (Å²) in [6.45, 7) is 2.05. The predicted molar refractivity (Wildman–Crippen MR) is 71.6 cm³/mol. The lowest BCUT2D eigenvalue weighted by Crippen LogP contribution is -1.93. The number of carbonyl (C=O) groups is 1. The van der Waals surface area contributed by atoms with Gasteiger partial charge in [-0.05, 0) is 29.7 Å². The van der Waals surface area contributed by atoms with Gasteiger partial charge in [0.15, 0.2) is 0 Å². The molecule has 2 nitrogen and oxygen atoms in total. The molecule has 92 valence electrons. The van der Waals surface area contributed by atoms with Crippen molar-refractivity contribution < 1.29 is 9.90 Å². The van der Waals surface area contributed by atoms with Crippen molar-refractivity contribution in [2.45, 2.75) is 26.2 Å². The highest BCUT2D eigenvalue weighted by atomic mass is 35.5. The van der Waals surface area contributed by atoms with Gasteiger partial charge < -0.3 is 5.11 Å². The number of hydrogen-bond acceptors (Lipinski definition) is 1. The van der Waals surface area contributed by atoms with Crippen LogP contribution in [0.1, 0.15) is 31.7 Å². The molecular formula is C13H14Cl2O2. The summed E-state index contributed by atoms with van der Waals surface area (Å²) in [5, 5.41) is 9.68. The van der Waals surface area contributed by atoms with E-state index in [1.54, 1.807) is 18.2 Å². The first kappa shape index (κ1) is 14.1. The van der Waals surface area contributed by atoms with E-state index in [0.717, 1.165) is 24.0 Å². The Kier molecular flexibility index (Phi) is 5.52. The summed E-state index contributed by atoms with van der Waals surface area (Å²) in [5.41, 5.74) is 1.93. The third kappa shape index (κ3) is 4.41. The molecule has 1 aromatic carbocycles. The van der Waals surface area contributed by atoms with E-state index in [4.69, 9.17) is 28.3 Å². The normalized spacial score (nSPS) is 11.6. The van der Waals surface area contributed by atoms with E-state index in [0.29, 0.717) is 10.0 Å². The average molecular weight is 273 g/mol. The fourth-order valence-corrected chi connectivity index (χ4v) is 1.84. The fourth-order valence-electron chi connectivity index (χ4n) is 1.54. The number of rotatable bonds is 5. The third-order valence-electron chi connectivity index (χ3n) is 2.33. The van der Waals surface area contributed by atoms with Crippen LogP contribution in [0.5, 0.6) is 0 Å². The lowest BCUT2D eigenvalue weighted by atomic mass is 10.0. The van der Waals surface area contributed by atoms with Gasteiger partial charge in [-0.2, -0.15) is 0 Å². The van der Waals surface area contributed by atoms with Crippen LogP contribution in [0.2, 0.25) is 10.0 Å². The molecule has 0 amide bonds. The van der Waals surface area contributed by atoms with E-state index >= 15 is 0 Å². The minimum absolute atomic E-state index is 0.0234. The fraction of sp³-hybridized carbons (Fsp3) is 0.308. The molecule has 0 atom stereocenters. The summed E-state index contributed by atoms with van der Waals surface area (Å²) in [4.78, 5) is 10.6. The molecule has 1 aromatic rings. The minimum atomic E-state index is -0.835. The first-order chi connectivity index (χ1) is 8.04. The van der Waals surface area contributed by atoms with E-state index in [1.165, 1.54) is 0 Å². The molecule has 17 heavy (non-hydrogen) atoms. The van der Waals surface area contributed by atoms with Gasteiger partial charge in [0.2, 0.25) is 0 Å². The van der Waals surface area contributed by atoms with Crippen LogP contribution >= 0.6 is 23.2 Å². The minimum Gasteiger partial charge on any atom is -0.481 e. The smallest absolute Gasteiger partial charge is 0.307 e. The number of carboxylic acids is 1. The van der Waals surface area contributed by atoms with Gasteiger partial charge in [0.05, 0.1) is 16.5 Å². The summed E-state index contributed by atoms with van der Waals surface area (Å²) in [7, 11) is 0. The van der Waals surface area contributed by atoms with Gasteiger partial charge >= 0.3 is 5.97 Å². The van der Waals surface area contributed by atoms with Crippen molar-refractivity contribution in [3.8, 4) is 0 Å². The monoisotopic (exact) mass is 272 g/mol. The van der Waals surface area contributed by atoms with E-state index in [-0.39, 0.29) is 6.42 Å². The molecule has 4 heteroatoms. The van der Waals surface area contributed by atoms with Crippen LogP contribution in [-0.2, 0) is 4.79 Å². The Hall–Kier alpha value is -0.990. The zero-order chi connectivity index (χ0) is 12.8. The Balaban J connectivity index is 3.00. The van der Waals surface area contributed by atoms with Crippen molar-refractivity contribution in [1.29, 1.82) is 0 Å². The molecule has 0 aliphatic carbocycles. The third-order valence-corrected chi connectivity index (χ3v) is 3.07. The van der Waals surface area contributed by atoms with Crippen molar-refractivity contribution in [3.63, 3.8) is 0 Å². The SMILES string of the molecule is CCC/C(=C\CC(=O)O)c1ccc(Cl)c(Cl)c1. The zero-order valence-corrected chi connectivity index (χ0v) is 11.1. The first-order valence-electron chi connectivity index (χ1n) is 5.40. The maximum Gasteiger partial charge on any atom is 0.307 e. The maximum absolute atomic E-state index is 10.6. The lowest BCUT2D eigenvalue weighted by molar-refractivity contribution is -0.135. The van der Waals surface area contributed by atoms with E-state index in [2.05, 4.69) is 0 Å². The largest absolute Gasteiger partial charge is 0.481 e. The van der Waals surface area contributed by atoms with Crippen LogP contribution in [-0.4, -0.2) is 11.1 Å². The molecule has 0 heterocycles. The summed E-state index contributed by atoms with van der Waals surface area (Å²) in [6, 6.07) is 5.36. The summed E-state index contributed by atoms with van der Waals surface area (Å²) in [5.74, 6) is -0.835. The zero-order valence-electron chi connectivity index (χ0n) is 9.54. The Morgan fingerprint density at radius 2 is 2.06 bits per heavy atom. The Morgan fingerprint density at radius 1 is 1.35 bits per heavy atom. The van der Waals surface area contributed by atoms with Crippen LogP contribution in [0, 0.1) is 0 Å². The summed E-state index contributed by atoms with van der Waals surface area (Å²) in [6.07, 6.45) is 3.53. The Labute approximate surface area is 111 Å². The van der Waals surface area contributed by atoms with Crippen LogP contribution < -0.4 is 0 Å². The second-order valence-electron chi connectivity index (χ2n) is 3.71. The molecule has 1 N–H and O–H groups in total. The van der Waals surface area contributed by atoms with E-state index < -0.39 is 5.97 Å². The molecule has 0 unspecified atom stereocenters. The number of benzene rings is 1. The van der Waals surface area contributed by atoms with Gasteiger partial charge in [0.25, 0.3) is 0 Å². The molecule has 0 bridgehead atoms. The van der Waals surface area contributed by atoms with Crippen molar-refractivity contribution in [1.82, 2.24) is 0 Å². The Bertz CT molecular complexity index is 439. The number of aliphatic carboxylic acids is 1. The van der Waals surface area contributed by atoms with Gasteiger partial charge in [-0.25, -0.2) is 0 Å². The predicted octanol–water partition coefficient (Wildman–Crippen LogP) is 4.65. The van der Waals surface area contributed by atoms with Gasteiger partial charge in [-0.3, -0.25) is 4.79 Å². The van der Waals surface area contributed by atoms with Crippen LogP contribution in [0.15, 0.2) is 24.3 Å². The van der Waals surface area contributed by atoms with Crippen LogP contribution in [0.25, 0.3) is 5.57 Å². The van der Waals surface area contributed by atoms with Gasteiger partial charge in [-0.1, -0.05) is 48.7 Å². The average Bonchev–Trinajstić information content (AvgIpc) is 2.28. The summed E-state index contributed by atoms with van der Waals surface area (Å²) < 4.78 is 0. The molecule has 0 fully saturated rings. The standard InChI is InChI=1S/C13H14Cl2O2/c1-2-3-9(5-7-13(16)17)10-4-6-11(14)12(15)8-10/h4-6,8H,2-3,7H2,1H3,(H,16,17)/b9-5+. The van der Waals surface area contributed by atoms with Crippen molar-refractivity contribution >= 4 is 34.7 Å². The molecule has 0 aliphatic rings. The van der Waals surface area contributed by atoms with Crippen LogP contribution in [0.4, 0.5) is 0 Å². The number of hydrogen-bond donors (Lipinski definition) is 1. The second kappa shape index (κ2) is 6.67. The van der Waals surface area contributed by atoms with Crippen molar-refractivity contribution in [3.05, 3.63) is 39.9 Å². The quantitative estimate of drug-likeness (QED) is 0.847. The van der Waals surface area contributed by atoms with E-state index in [9.17, 15) is 4.79 Å². The molecule has 0 aliphatic heterocycles. The lowest BCUT2D eigenvalue weighted by Gasteiger charge is -2.07. The highest BCUT2D eigenvalue weighted by Gasteiger charge is 2.05. The van der Waals surface area contributed by atoms with Crippen molar-refractivity contribution in [2.24, 2.45) is 0 Å². The number of carboxylic acid groups (broad SMARTS) is 1. The highest BCUT2D eigenvalue weighted by molar-refractivity contribution is 6.42. The molecule has 0 saturated carbocycles.